The summed E-state index contributed by atoms with van der Waals surface area (Å²) in [6, 6.07) is 6.03. The predicted molar refractivity (Wildman–Crippen MR) is 79.9 cm³/mol. The van der Waals surface area contributed by atoms with Gasteiger partial charge in [-0.05, 0) is 47.3 Å². The third kappa shape index (κ3) is 3.35. The number of hydrogen-bond acceptors (Lipinski definition) is 1. The fraction of sp³-hybridized carbons (Fsp3) is 0.533. The summed E-state index contributed by atoms with van der Waals surface area (Å²) < 4.78 is 0.853. The van der Waals surface area contributed by atoms with Crippen LogP contribution in [0.1, 0.15) is 43.6 Å². The van der Waals surface area contributed by atoms with Gasteiger partial charge in [0.15, 0.2) is 0 Å². The second kappa shape index (κ2) is 5.43. The van der Waals surface area contributed by atoms with E-state index < -0.39 is 0 Å². The van der Waals surface area contributed by atoms with Crippen molar-refractivity contribution >= 4 is 21.8 Å². The minimum atomic E-state index is 0.0630. The Bertz CT molecular complexity index is 448. The molecule has 0 heterocycles. The van der Waals surface area contributed by atoms with Gasteiger partial charge in [-0.2, -0.15) is 0 Å². The van der Waals surface area contributed by atoms with Gasteiger partial charge in [-0.15, -0.1) is 0 Å². The van der Waals surface area contributed by atoms with Crippen LogP contribution in [-0.4, -0.2) is 23.9 Å². The van der Waals surface area contributed by atoms with Gasteiger partial charge in [0.25, 0.3) is 5.91 Å². The normalized spacial score (nSPS) is 13.3. The summed E-state index contributed by atoms with van der Waals surface area (Å²) in [7, 11) is 1.87. The van der Waals surface area contributed by atoms with Crippen LogP contribution >= 0.6 is 15.9 Å². The summed E-state index contributed by atoms with van der Waals surface area (Å²) in [6.45, 7) is 10.5. The maximum Gasteiger partial charge on any atom is 0.255 e. The molecule has 0 aliphatic carbocycles. The molecule has 0 saturated carbocycles. The molecule has 0 aliphatic heterocycles. The van der Waals surface area contributed by atoms with E-state index in [1.807, 2.05) is 37.1 Å². The molecule has 0 saturated heterocycles. The van der Waals surface area contributed by atoms with Crippen molar-refractivity contribution in [3.63, 3.8) is 0 Å². The van der Waals surface area contributed by atoms with Gasteiger partial charge in [0.1, 0.15) is 0 Å². The summed E-state index contributed by atoms with van der Waals surface area (Å²) in [4.78, 5) is 14.3. The molecule has 2 nitrogen and oxygen atoms in total. The van der Waals surface area contributed by atoms with E-state index in [2.05, 4.69) is 43.6 Å². The Hall–Kier alpha value is -0.830. The van der Waals surface area contributed by atoms with Crippen LogP contribution in [0.3, 0.4) is 0 Å². The Balaban J connectivity index is 3.04. The van der Waals surface area contributed by atoms with E-state index in [0.717, 1.165) is 15.6 Å². The molecular formula is C15H22BrNO. The fourth-order valence-corrected chi connectivity index (χ4v) is 2.17. The summed E-state index contributed by atoms with van der Waals surface area (Å²) in [5, 5.41) is 0. The van der Waals surface area contributed by atoms with Crippen LogP contribution in [-0.2, 0) is 0 Å². The first-order chi connectivity index (χ1) is 8.14. The van der Waals surface area contributed by atoms with Crippen molar-refractivity contribution in [2.24, 2.45) is 5.41 Å². The van der Waals surface area contributed by atoms with Gasteiger partial charge >= 0.3 is 0 Å². The van der Waals surface area contributed by atoms with E-state index in [4.69, 9.17) is 0 Å². The topological polar surface area (TPSA) is 20.3 Å². The molecule has 1 aromatic rings. The highest BCUT2D eigenvalue weighted by Gasteiger charge is 2.28. The molecule has 1 unspecified atom stereocenters. The van der Waals surface area contributed by atoms with Gasteiger partial charge in [-0.25, -0.2) is 0 Å². The molecule has 0 fully saturated rings. The number of hydrogen-bond donors (Lipinski definition) is 0. The first kappa shape index (κ1) is 15.2. The fourth-order valence-electron chi connectivity index (χ4n) is 1.75. The Labute approximate surface area is 119 Å². The zero-order valence-corrected chi connectivity index (χ0v) is 13.6. The van der Waals surface area contributed by atoms with Gasteiger partial charge in [0.05, 0.1) is 5.56 Å². The standard InChI is InChI=1S/C15H22BrNO/c1-10-7-8-13(16)12(9-10)14(18)17(6)11(2)15(3,4)5/h7-9,11H,1-6H3. The van der Waals surface area contributed by atoms with E-state index in [1.54, 1.807) is 0 Å². The SMILES string of the molecule is Cc1ccc(Br)c(C(=O)N(C)C(C)C(C)(C)C)c1. The van der Waals surface area contributed by atoms with Crippen molar-refractivity contribution in [2.45, 2.75) is 40.7 Å². The molecule has 1 atom stereocenters. The number of aryl methyl sites for hydroxylation is 1. The number of carbonyl (C=O) groups is 1. The molecule has 100 valence electrons. The number of amides is 1. The number of halogens is 1. The average Bonchev–Trinajstić information content (AvgIpc) is 2.28. The molecule has 0 spiro atoms. The summed E-state index contributed by atoms with van der Waals surface area (Å²) >= 11 is 3.45. The van der Waals surface area contributed by atoms with E-state index in [1.165, 1.54) is 0 Å². The molecule has 0 aromatic heterocycles. The molecule has 1 aromatic carbocycles. The van der Waals surface area contributed by atoms with Crippen LogP contribution in [0.25, 0.3) is 0 Å². The summed E-state index contributed by atoms with van der Waals surface area (Å²) in [5.74, 6) is 0.0630. The summed E-state index contributed by atoms with van der Waals surface area (Å²) in [6.07, 6.45) is 0. The van der Waals surface area contributed by atoms with Crippen LogP contribution in [0, 0.1) is 12.3 Å². The van der Waals surface area contributed by atoms with E-state index in [-0.39, 0.29) is 17.4 Å². The Kier molecular flexibility index (Phi) is 4.60. The Morgan fingerprint density at radius 3 is 2.39 bits per heavy atom. The third-order valence-electron chi connectivity index (χ3n) is 3.51. The third-order valence-corrected chi connectivity index (χ3v) is 4.20. The van der Waals surface area contributed by atoms with Gasteiger partial charge < -0.3 is 4.90 Å². The molecule has 1 amide bonds. The highest BCUT2D eigenvalue weighted by atomic mass is 79.9. The van der Waals surface area contributed by atoms with Gasteiger partial charge in [-0.1, -0.05) is 32.4 Å². The zero-order valence-electron chi connectivity index (χ0n) is 12.0. The molecule has 0 bridgehead atoms. The van der Waals surface area contributed by atoms with Crippen molar-refractivity contribution in [2.75, 3.05) is 7.05 Å². The maximum absolute atomic E-state index is 12.5. The lowest BCUT2D eigenvalue weighted by molar-refractivity contribution is 0.0628. The lowest BCUT2D eigenvalue weighted by atomic mass is 9.87. The van der Waals surface area contributed by atoms with Crippen molar-refractivity contribution in [1.82, 2.24) is 4.90 Å². The van der Waals surface area contributed by atoms with Crippen molar-refractivity contribution < 1.29 is 4.79 Å². The molecule has 18 heavy (non-hydrogen) atoms. The quantitative estimate of drug-likeness (QED) is 0.799. The van der Waals surface area contributed by atoms with Gasteiger partial charge in [0.2, 0.25) is 0 Å². The lowest BCUT2D eigenvalue weighted by Gasteiger charge is -2.35. The van der Waals surface area contributed by atoms with E-state index in [9.17, 15) is 4.79 Å². The highest BCUT2D eigenvalue weighted by molar-refractivity contribution is 9.10. The first-order valence-corrected chi connectivity index (χ1v) is 6.97. The largest absolute Gasteiger partial charge is 0.338 e. The first-order valence-electron chi connectivity index (χ1n) is 6.18. The maximum atomic E-state index is 12.5. The number of benzene rings is 1. The monoisotopic (exact) mass is 311 g/mol. The van der Waals surface area contributed by atoms with Crippen LogP contribution in [0.2, 0.25) is 0 Å². The van der Waals surface area contributed by atoms with Crippen LogP contribution in [0.4, 0.5) is 0 Å². The molecule has 1 rings (SSSR count). The van der Waals surface area contributed by atoms with E-state index in [0.29, 0.717) is 0 Å². The molecule has 0 N–H and O–H groups in total. The number of carbonyl (C=O) groups excluding carboxylic acids is 1. The predicted octanol–water partition coefficient (Wildman–Crippen LogP) is 4.26. The van der Waals surface area contributed by atoms with Crippen LogP contribution in [0.5, 0.6) is 0 Å². The Morgan fingerprint density at radius 2 is 1.89 bits per heavy atom. The van der Waals surface area contributed by atoms with Gasteiger partial charge in [0, 0.05) is 17.6 Å². The van der Waals surface area contributed by atoms with Crippen LogP contribution in [0.15, 0.2) is 22.7 Å². The Morgan fingerprint density at radius 1 is 1.33 bits per heavy atom. The molecular weight excluding hydrogens is 290 g/mol. The molecule has 3 heteroatoms. The molecule has 0 aliphatic rings. The lowest BCUT2D eigenvalue weighted by Crippen LogP contribution is -2.43. The number of nitrogens with zero attached hydrogens (tertiary/aromatic N) is 1. The average molecular weight is 312 g/mol. The van der Waals surface area contributed by atoms with Crippen LogP contribution < -0.4 is 0 Å². The van der Waals surface area contributed by atoms with Crippen molar-refractivity contribution in [3.05, 3.63) is 33.8 Å². The summed E-state index contributed by atoms with van der Waals surface area (Å²) in [5.41, 5.74) is 1.90. The minimum Gasteiger partial charge on any atom is -0.338 e. The zero-order chi connectivity index (χ0) is 14.1. The van der Waals surface area contributed by atoms with E-state index >= 15 is 0 Å². The highest BCUT2D eigenvalue weighted by Crippen LogP contribution is 2.26. The van der Waals surface area contributed by atoms with Gasteiger partial charge in [-0.3, -0.25) is 4.79 Å². The van der Waals surface area contributed by atoms with Crippen molar-refractivity contribution in [3.8, 4) is 0 Å². The second-order valence-corrected chi connectivity index (χ2v) is 6.80. The second-order valence-electron chi connectivity index (χ2n) is 5.94. The smallest absolute Gasteiger partial charge is 0.255 e. The van der Waals surface area contributed by atoms with Crippen molar-refractivity contribution in [1.29, 1.82) is 0 Å². The number of rotatable bonds is 2. The minimum absolute atomic E-state index is 0.0630. The molecule has 0 radical (unpaired) electrons.